The van der Waals surface area contributed by atoms with Crippen molar-refractivity contribution in [2.75, 3.05) is 0 Å². The molecule has 0 atom stereocenters. The third-order valence-electron chi connectivity index (χ3n) is 4.44. The van der Waals surface area contributed by atoms with Gasteiger partial charge in [-0.05, 0) is 50.2 Å². The molecule has 0 bridgehead atoms. The van der Waals surface area contributed by atoms with Crippen LogP contribution in [0.3, 0.4) is 0 Å². The molecule has 0 spiro atoms. The molecule has 1 aromatic heterocycles. The second-order valence-electron chi connectivity index (χ2n) is 6.72. The molecule has 3 rings (SSSR count). The van der Waals surface area contributed by atoms with Gasteiger partial charge in [0.1, 0.15) is 11.5 Å². The van der Waals surface area contributed by atoms with Crippen LogP contribution in [0.25, 0.3) is 0 Å². The van der Waals surface area contributed by atoms with E-state index in [2.05, 4.69) is 51.0 Å². The maximum atomic E-state index is 12.2. The minimum atomic E-state index is -0.553. The fraction of sp³-hybridized carbons (Fsp3) is 0.0870. The molecule has 2 amide bonds. The van der Waals surface area contributed by atoms with Gasteiger partial charge >= 0.3 is 25.0 Å². The van der Waals surface area contributed by atoms with E-state index in [9.17, 15) is 19.8 Å². The normalized spacial score (nSPS) is 11.2. The molecule has 0 aliphatic carbocycles. The van der Waals surface area contributed by atoms with Crippen molar-refractivity contribution in [2.45, 2.75) is 13.8 Å². The SMILES string of the molecule is CC(=NNC(=O)c1ccccc1O)c1cccc(C(C)=NNC(=O)c2ccccc2O)n1.[Cl][Co+]. The van der Waals surface area contributed by atoms with Gasteiger partial charge in [-0.25, -0.2) is 15.8 Å². The van der Waals surface area contributed by atoms with E-state index in [1.54, 1.807) is 56.3 Å². The average Bonchev–Trinajstić information content (AvgIpc) is 2.87. The third-order valence-corrected chi connectivity index (χ3v) is 4.44. The Balaban J connectivity index is 0.00000199. The number of halogens is 1. The van der Waals surface area contributed by atoms with Gasteiger partial charge in [0.25, 0.3) is 11.8 Å². The average molecular weight is 526 g/mol. The molecule has 3 aromatic rings. The number of rotatable bonds is 6. The summed E-state index contributed by atoms with van der Waals surface area (Å²) >= 11 is 3.03. The number of aromatic hydroxyl groups is 2. The Morgan fingerprint density at radius 2 is 1.12 bits per heavy atom. The van der Waals surface area contributed by atoms with Gasteiger partial charge in [0.2, 0.25) is 0 Å². The van der Waals surface area contributed by atoms with Gasteiger partial charge < -0.3 is 10.2 Å². The number of carbonyl (C=O) groups is 2. The molecule has 9 nitrogen and oxygen atoms in total. The Labute approximate surface area is 208 Å². The predicted molar refractivity (Wildman–Crippen MR) is 126 cm³/mol. The summed E-state index contributed by atoms with van der Waals surface area (Å²) in [6, 6.07) is 17.5. The monoisotopic (exact) mass is 525 g/mol. The van der Waals surface area contributed by atoms with Gasteiger partial charge in [-0.3, -0.25) is 9.59 Å². The van der Waals surface area contributed by atoms with Crippen LogP contribution >= 0.6 is 10.1 Å². The molecular formula is C23H21ClCoN5O4+. The number of amides is 2. The van der Waals surface area contributed by atoms with Crippen LogP contribution in [0.2, 0.25) is 0 Å². The van der Waals surface area contributed by atoms with Gasteiger partial charge in [-0.1, -0.05) is 30.3 Å². The summed E-state index contributed by atoms with van der Waals surface area (Å²) in [5, 5.41) is 27.6. The fourth-order valence-electron chi connectivity index (χ4n) is 2.67. The van der Waals surface area contributed by atoms with E-state index in [-0.39, 0.29) is 22.6 Å². The summed E-state index contributed by atoms with van der Waals surface area (Å²) in [5.41, 5.74) is 6.83. The van der Waals surface area contributed by atoms with Crippen LogP contribution in [-0.4, -0.2) is 38.4 Å². The Morgan fingerprint density at radius 1 is 0.735 bits per heavy atom. The van der Waals surface area contributed by atoms with Gasteiger partial charge in [-0.15, -0.1) is 0 Å². The summed E-state index contributed by atoms with van der Waals surface area (Å²) in [7, 11) is 4.33. The first-order valence-corrected chi connectivity index (χ1v) is 11.2. The Morgan fingerprint density at radius 3 is 1.50 bits per heavy atom. The third kappa shape index (κ3) is 7.14. The summed E-state index contributed by atoms with van der Waals surface area (Å²) < 4.78 is 0. The molecule has 0 aliphatic rings. The van der Waals surface area contributed by atoms with E-state index in [0.717, 1.165) is 0 Å². The molecular weight excluding hydrogens is 505 g/mol. The standard InChI is InChI=1S/C23H21N5O4.ClH.Co/c1-14(25-27-22(31)16-8-3-5-12-20(16)29)18-10-7-11-19(24-18)15(2)26-28-23(32)17-9-4-6-13-21(17)30;;/h3-13,29-30H,1-2H3,(H,27,31)(H,28,32);1H;/q;;+2/p-1. The van der Waals surface area contributed by atoms with Crippen LogP contribution in [0.4, 0.5) is 0 Å². The molecule has 0 fully saturated rings. The van der Waals surface area contributed by atoms with Crippen molar-refractivity contribution >= 4 is 33.4 Å². The number of nitrogens with zero attached hydrogens (tertiary/aromatic N) is 3. The van der Waals surface area contributed by atoms with Crippen molar-refractivity contribution in [3.63, 3.8) is 0 Å². The molecule has 4 N–H and O–H groups in total. The molecule has 11 heteroatoms. The van der Waals surface area contributed by atoms with Gasteiger partial charge in [0, 0.05) is 0 Å². The molecule has 0 saturated carbocycles. The zero-order valence-electron chi connectivity index (χ0n) is 18.1. The Bertz CT molecular complexity index is 1140. The maximum absolute atomic E-state index is 12.2. The van der Waals surface area contributed by atoms with Crippen LogP contribution in [0.1, 0.15) is 46.0 Å². The first kappa shape index (κ1) is 26.5. The summed E-state index contributed by atoms with van der Waals surface area (Å²) in [5.74, 6) is -1.39. The number of carbonyl (C=O) groups excluding carboxylic acids is 2. The van der Waals surface area contributed by atoms with Crippen molar-refractivity contribution in [3.8, 4) is 11.5 Å². The Kier molecular flexibility index (Phi) is 10.2. The van der Waals surface area contributed by atoms with Gasteiger partial charge in [0.05, 0.1) is 33.9 Å². The molecule has 1 heterocycles. The molecule has 0 aliphatic heterocycles. The van der Waals surface area contributed by atoms with E-state index in [1.807, 2.05) is 0 Å². The molecule has 0 radical (unpaired) electrons. The number of benzene rings is 2. The van der Waals surface area contributed by atoms with E-state index < -0.39 is 11.8 Å². The minimum absolute atomic E-state index is 0.105. The molecule has 0 unspecified atom stereocenters. The van der Waals surface area contributed by atoms with E-state index >= 15 is 0 Å². The van der Waals surface area contributed by atoms with Crippen molar-refractivity contribution in [3.05, 3.63) is 89.2 Å². The van der Waals surface area contributed by atoms with Crippen LogP contribution in [0.5, 0.6) is 11.5 Å². The number of phenols is 2. The van der Waals surface area contributed by atoms with Crippen molar-refractivity contribution in [2.24, 2.45) is 10.2 Å². The zero-order chi connectivity index (χ0) is 25.1. The second kappa shape index (κ2) is 13.1. The number of para-hydroxylation sites is 2. The van der Waals surface area contributed by atoms with Crippen LogP contribution < -0.4 is 10.9 Å². The van der Waals surface area contributed by atoms with E-state index in [4.69, 9.17) is 0 Å². The molecule has 0 saturated heterocycles. The van der Waals surface area contributed by atoms with Crippen LogP contribution in [0, 0.1) is 0 Å². The zero-order valence-corrected chi connectivity index (χ0v) is 19.9. The van der Waals surface area contributed by atoms with Gasteiger partial charge in [-0.2, -0.15) is 10.2 Å². The number of nitrogens with one attached hydrogen (secondary N) is 2. The number of hydrogen-bond donors (Lipinski definition) is 4. The predicted octanol–water partition coefficient (Wildman–Crippen LogP) is 3.49. The number of hydrazone groups is 2. The van der Waals surface area contributed by atoms with Crippen molar-refractivity contribution < 1.29 is 34.6 Å². The first-order valence-electron chi connectivity index (χ1n) is 9.72. The summed E-state index contributed by atoms with van der Waals surface area (Å²) in [6.07, 6.45) is 0. The topological polar surface area (TPSA) is 136 Å². The number of pyridine rings is 1. The quantitative estimate of drug-likeness (QED) is 0.288. The number of aromatic nitrogens is 1. The first-order chi connectivity index (χ1) is 16.4. The van der Waals surface area contributed by atoms with Crippen molar-refractivity contribution in [1.29, 1.82) is 0 Å². The van der Waals surface area contributed by atoms with Gasteiger partial charge in [0.15, 0.2) is 0 Å². The molecule has 177 valence electrons. The van der Waals surface area contributed by atoms with Crippen molar-refractivity contribution in [1.82, 2.24) is 15.8 Å². The van der Waals surface area contributed by atoms with Crippen LogP contribution in [-0.2, 0) is 14.8 Å². The summed E-state index contributed by atoms with van der Waals surface area (Å²) in [6.45, 7) is 3.34. The molecule has 2 aromatic carbocycles. The van der Waals surface area contributed by atoms with Crippen LogP contribution in [0.15, 0.2) is 76.9 Å². The van der Waals surface area contributed by atoms with E-state index in [0.29, 0.717) is 22.8 Å². The Hall–Kier alpha value is -3.73. The fourth-order valence-corrected chi connectivity index (χ4v) is 2.67. The number of hydrogen-bond acceptors (Lipinski definition) is 7. The second-order valence-corrected chi connectivity index (χ2v) is 6.72. The van der Waals surface area contributed by atoms with E-state index in [1.165, 1.54) is 24.3 Å². The molecule has 34 heavy (non-hydrogen) atoms. The number of phenolic OH excluding ortho intramolecular Hbond substituents is 2. The summed E-state index contributed by atoms with van der Waals surface area (Å²) in [4.78, 5) is 28.8.